The number of rotatable bonds is 4. The largest absolute Gasteiger partial charge is 0.374 e. The quantitative estimate of drug-likeness (QED) is 0.782. The van der Waals surface area contributed by atoms with Gasteiger partial charge >= 0.3 is 0 Å². The maximum absolute atomic E-state index is 11.8. The minimum atomic E-state index is -0.376. The van der Waals surface area contributed by atoms with E-state index in [4.69, 9.17) is 10.5 Å². The summed E-state index contributed by atoms with van der Waals surface area (Å²) in [5.74, 6) is -0.684. The number of benzene rings is 1. The van der Waals surface area contributed by atoms with E-state index in [-0.39, 0.29) is 24.5 Å². The predicted molar refractivity (Wildman–Crippen MR) is 74.1 cm³/mol. The van der Waals surface area contributed by atoms with Crippen molar-refractivity contribution in [2.24, 2.45) is 5.73 Å². The van der Waals surface area contributed by atoms with Crippen LogP contribution in [0.15, 0.2) is 30.3 Å². The third kappa shape index (κ3) is 4.12. The molecule has 3 N–H and O–H groups in total. The molecular formula is C14H19N3O3. The van der Waals surface area contributed by atoms with Gasteiger partial charge in [-0.15, -0.1) is 0 Å². The Morgan fingerprint density at radius 1 is 1.35 bits per heavy atom. The summed E-state index contributed by atoms with van der Waals surface area (Å²) >= 11 is 0. The van der Waals surface area contributed by atoms with E-state index in [0.29, 0.717) is 31.8 Å². The van der Waals surface area contributed by atoms with Gasteiger partial charge in [0.2, 0.25) is 5.91 Å². The van der Waals surface area contributed by atoms with Crippen LogP contribution in [0.1, 0.15) is 10.4 Å². The smallest absolute Gasteiger partial charge is 0.257 e. The molecule has 0 spiro atoms. The van der Waals surface area contributed by atoms with Crippen molar-refractivity contribution in [1.82, 2.24) is 10.2 Å². The van der Waals surface area contributed by atoms with E-state index in [1.165, 1.54) is 0 Å². The number of carbonyl (C=O) groups excluding carboxylic acids is 2. The van der Waals surface area contributed by atoms with Crippen LogP contribution in [-0.2, 0) is 9.53 Å². The predicted octanol–water partition coefficient (Wildman–Crippen LogP) is -0.397. The summed E-state index contributed by atoms with van der Waals surface area (Å²) < 4.78 is 5.42. The zero-order chi connectivity index (χ0) is 14.4. The Hall–Kier alpha value is -1.76. The number of hydrogen-bond acceptors (Lipinski definition) is 5. The first-order valence-corrected chi connectivity index (χ1v) is 6.62. The molecule has 1 heterocycles. The molecular weight excluding hydrogens is 258 g/mol. The van der Waals surface area contributed by atoms with Crippen LogP contribution in [0.25, 0.3) is 0 Å². The molecule has 1 unspecified atom stereocenters. The molecule has 1 saturated heterocycles. The van der Waals surface area contributed by atoms with Crippen LogP contribution < -0.4 is 11.1 Å². The SMILES string of the molecule is NCC1CN(CC(=O)NC(=O)c2ccccc2)CCO1. The molecule has 1 aromatic rings. The highest BCUT2D eigenvalue weighted by Gasteiger charge is 2.21. The number of carbonyl (C=O) groups is 2. The van der Waals surface area contributed by atoms with E-state index in [1.807, 2.05) is 11.0 Å². The maximum Gasteiger partial charge on any atom is 0.257 e. The Balaban J connectivity index is 1.82. The zero-order valence-electron chi connectivity index (χ0n) is 11.2. The van der Waals surface area contributed by atoms with Gasteiger partial charge in [0, 0.05) is 25.2 Å². The number of nitrogens with zero attached hydrogens (tertiary/aromatic N) is 1. The molecule has 0 bridgehead atoms. The van der Waals surface area contributed by atoms with E-state index in [9.17, 15) is 9.59 Å². The summed E-state index contributed by atoms with van der Waals surface area (Å²) in [5, 5.41) is 2.38. The third-order valence-electron chi connectivity index (χ3n) is 3.14. The monoisotopic (exact) mass is 277 g/mol. The first kappa shape index (κ1) is 14.6. The van der Waals surface area contributed by atoms with Gasteiger partial charge in [-0.2, -0.15) is 0 Å². The van der Waals surface area contributed by atoms with Crippen LogP contribution in [0.3, 0.4) is 0 Å². The normalized spacial score (nSPS) is 19.6. The number of imide groups is 1. The Bertz CT molecular complexity index is 464. The van der Waals surface area contributed by atoms with Crippen molar-refractivity contribution in [1.29, 1.82) is 0 Å². The first-order chi connectivity index (χ1) is 9.69. The highest BCUT2D eigenvalue weighted by atomic mass is 16.5. The highest BCUT2D eigenvalue weighted by molar-refractivity contribution is 6.05. The molecule has 6 heteroatoms. The lowest BCUT2D eigenvalue weighted by Gasteiger charge is -2.31. The molecule has 1 aliphatic heterocycles. The van der Waals surface area contributed by atoms with E-state index in [2.05, 4.69) is 5.32 Å². The van der Waals surface area contributed by atoms with Crippen molar-refractivity contribution in [3.8, 4) is 0 Å². The Kier molecular flexibility index (Phi) is 5.23. The summed E-state index contributed by atoms with van der Waals surface area (Å²) in [6, 6.07) is 8.67. The molecule has 1 aromatic carbocycles. The van der Waals surface area contributed by atoms with Crippen molar-refractivity contribution in [2.75, 3.05) is 32.8 Å². The van der Waals surface area contributed by atoms with Crippen molar-refractivity contribution < 1.29 is 14.3 Å². The van der Waals surface area contributed by atoms with Gasteiger partial charge in [-0.05, 0) is 12.1 Å². The van der Waals surface area contributed by atoms with E-state index in [1.54, 1.807) is 24.3 Å². The second-order valence-corrected chi connectivity index (χ2v) is 4.71. The lowest BCUT2D eigenvalue weighted by Crippen LogP contribution is -2.49. The third-order valence-corrected chi connectivity index (χ3v) is 3.14. The number of ether oxygens (including phenoxy) is 1. The number of nitrogens with one attached hydrogen (secondary N) is 1. The lowest BCUT2D eigenvalue weighted by atomic mass is 10.2. The number of morpholine rings is 1. The molecule has 6 nitrogen and oxygen atoms in total. The molecule has 108 valence electrons. The second-order valence-electron chi connectivity index (χ2n) is 4.71. The fourth-order valence-corrected chi connectivity index (χ4v) is 2.10. The van der Waals surface area contributed by atoms with Gasteiger partial charge in [0.1, 0.15) is 0 Å². The summed E-state index contributed by atoms with van der Waals surface area (Å²) in [6.07, 6.45) is -0.0404. The molecule has 1 aliphatic rings. The Labute approximate surface area is 117 Å². The van der Waals surface area contributed by atoms with Gasteiger partial charge in [-0.25, -0.2) is 0 Å². The molecule has 0 aliphatic carbocycles. The topological polar surface area (TPSA) is 84.7 Å². The second kappa shape index (κ2) is 7.14. The number of hydrogen-bond donors (Lipinski definition) is 2. The van der Waals surface area contributed by atoms with Crippen molar-refractivity contribution in [3.05, 3.63) is 35.9 Å². The number of nitrogens with two attached hydrogens (primary N) is 1. The molecule has 1 atom stereocenters. The van der Waals surface area contributed by atoms with E-state index in [0.717, 1.165) is 0 Å². The lowest BCUT2D eigenvalue weighted by molar-refractivity contribution is -0.123. The van der Waals surface area contributed by atoms with E-state index >= 15 is 0 Å². The molecule has 0 aromatic heterocycles. The van der Waals surface area contributed by atoms with Gasteiger partial charge in [0.25, 0.3) is 5.91 Å². The first-order valence-electron chi connectivity index (χ1n) is 6.62. The van der Waals surface area contributed by atoms with Crippen LogP contribution in [0.5, 0.6) is 0 Å². The molecule has 20 heavy (non-hydrogen) atoms. The van der Waals surface area contributed by atoms with Crippen LogP contribution >= 0.6 is 0 Å². The van der Waals surface area contributed by atoms with Gasteiger partial charge in [0.05, 0.1) is 19.3 Å². The molecule has 2 amide bonds. The average Bonchev–Trinajstić information content (AvgIpc) is 2.48. The number of amides is 2. The Morgan fingerprint density at radius 3 is 2.80 bits per heavy atom. The van der Waals surface area contributed by atoms with Gasteiger partial charge in [-0.3, -0.25) is 19.8 Å². The van der Waals surface area contributed by atoms with Crippen LogP contribution in [0.4, 0.5) is 0 Å². The van der Waals surface area contributed by atoms with Gasteiger partial charge in [0.15, 0.2) is 0 Å². The van der Waals surface area contributed by atoms with Gasteiger partial charge < -0.3 is 10.5 Å². The zero-order valence-corrected chi connectivity index (χ0v) is 11.2. The van der Waals surface area contributed by atoms with Crippen molar-refractivity contribution >= 4 is 11.8 Å². The highest BCUT2D eigenvalue weighted by Crippen LogP contribution is 2.03. The van der Waals surface area contributed by atoms with Crippen LogP contribution in [0, 0.1) is 0 Å². The van der Waals surface area contributed by atoms with Crippen molar-refractivity contribution in [3.63, 3.8) is 0 Å². The summed E-state index contributed by atoms with van der Waals surface area (Å²) in [5.41, 5.74) is 6.02. The average molecular weight is 277 g/mol. The fourth-order valence-electron chi connectivity index (χ4n) is 2.10. The summed E-state index contributed by atoms with van der Waals surface area (Å²) in [7, 11) is 0. The molecule has 2 rings (SSSR count). The molecule has 0 saturated carbocycles. The minimum Gasteiger partial charge on any atom is -0.374 e. The Morgan fingerprint density at radius 2 is 2.10 bits per heavy atom. The summed E-state index contributed by atoms with van der Waals surface area (Å²) in [6.45, 7) is 2.45. The van der Waals surface area contributed by atoms with Crippen molar-refractivity contribution in [2.45, 2.75) is 6.10 Å². The van der Waals surface area contributed by atoms with Crippen LogP contribution in [0.2, 0.25) is 0 Å². The fraction of sp³-hybridized carbons (Fsp3) is 0.429. The maximum atomic E-state index is 11.8. The summed E-state index contributed by atoms with van der Waals surface area (Å²) in [4.78, 5) is 25.6. The van der Waals surface area contributed by atoms with Gasteiger partial charge in [-0.1, -0.05) is 18.2 Å². The molecule has 1 fully saturated rings. The minimum absolute atomic E-state index is 0.0404. The van der Waals surface area contributed by atoms with Crippen LogP contribution in [-0.4, -0.2) is 55.6 Å². The molecule has 0 radical (unpaired) electrons. The van der Waals surface area contributed by atoms with E-state index < -0.39 is 0 Å². The standard InChI is InChI=1S/C14H19N3O3/c15-8-12-9-17(6-7-20-12)10-13(18)16-14(19)11-4-2-1-3-5-11/h1-5,12H,6-10,15H2,(H,16,18,19).